The van der Waals surface area contributed by atoms with Crippen LogP contribution in [0.1, 0.15) is 13.8 Å². The molecule has 1 aliphatic heterocycles. The monoisotopic (exact) mass is 181 g/mol. The number of nitrogens with one attached hydrogen (secondary N) is 1. The largest absolute Gasteiger partial charge is 0.454 e. The fraction of sp³-hybridized carbons (Fsp3) is 0.400. The van der Waals surface area contributed by atoms with Crippen LogP contribution in [-0.4, -0.2) is 13.8 Å². The number of benzene rings is 1. The fourth-order valence-electron chi connectivity index (χ4n) is 1.05. The maximum Gasteiger partial charge on any atom is 0.231 e. The third kappa shape index (κ3) is 2.05. The number of ether oxygens (including phenoxy) is 2. The molecule has 3 heteroatoms. The van der Waals surface area contributed by atoms with Gasteiger partial charge >= 0.3 is 0 Å². The van der Waals surface area contributed by atoms with Gasteiger partial charge in [-0.05, 0) is 12.1 Å². The van der Waals surface area contributed by atoms with E-state index in [0.29, 0.717) is 6.79 Å². The van der Waals surface area contributed by atoms with Crippen LogP contribution >= 0.6 is 0 Å². The second kappa shape index (κ2) is 4.60. The summed E-state index contributed by atoms with van der Waals surface area (Å²) in [4.78, 5) is 0. The number of hydrogen-bond donors (Lipinski definition) is 1. The van der Waals surface area contributed by atoms with Gasteiger partial charge in [-0.1, -0.05) is 13.8 Å². The maximum atomic E-state index is 5.18. The Morgan fingerprint density at radius 2 is 1.85 bits per heavy atom. The van der Waals surface area contributed by atoms with Gasteiger partial charge in [-0.3, -0.25) is 0 Å². The Morgan fingerprint density at radius 3 is 2.54 bits per heavy atom. The summed E-state index contributed by atoms with van der Waals surface area (Å²) in [6.45, 7) is 4.34. The van der Waals surface area contributed by atoms with Gasteiger partial charge in [0.15, 0.2) is 11.5 Å². The molecule has 2 rings (SSSR count). The minimum atomic E-state index is 0.336. The molecule has 0 aliphatic carbocycles. The van der Waals surface area contributed by atoms with Crippen molar-refractivity contribution in [3.63, 3.8) is 0 Å². The Morgan fingerprint density at radius 1 is 1.15 bits per heavy atom. The van der Waals surface area contributed by atoms with Gasteiger partial charge in [-0.2, -0.15) is 0 Å². The van der Waals surface area contributed by atoms with E-state index in [9.17, 15) is 0 Å². The van der Waals surface area contributed by atoms with Crippen molar-refractivity contribution in [1.82, 2.24) is 0 Å². The average molecular weight is 181 g/mol. The molecule has 1 heterocycles. The molecule has 0 atom stereocenters. The van der Waals surface area contributed by atoms with Crippen LogP contribution in [0.3, 0.4) is 0 Å². The van der Waals surface area contributed by atoms with E-state index in [1.165, 1.54) is 0 Å². The molecule has 13 heavy (non-hydrogen) atoms. The van der Waals surface area contributed by atoms with Crippen LogP contribution in [0.2, 0.25) is 0 Å². The Balaban J connectivity index is 0.000000396. The normalized spacial score (nSPS) is 11.6. The summed E-state index contributed by atoms with van der Waals surface area (Å²) in [6, 6.07) is 5.77. The minimum absolute atomic E-state index is 0.336. The second-order valence-electron chi connectivity index (χ2n) is 2.32. The summed E-state index contributed by atoms with van der Waals surface area (Å²) in [5.74, 6) is 1.64. The first-order valence-electron chi connectivity index (χ1n) is 4.47. The molecule has 0 spiro atoms. The quantitative estimate of drug-likeness (QED) is 0.722. The number of fused-ring (bicyclic) bond motifs is 1. The van der Waals surface area contributed by atoms with Gasteiger partial charge < -0.3 is 14.8 Å². The molecule has 0 bridgehead atoms. The van der Waals surface area contributed by atoms with Crippen molar-refractivity contribution >= 4 is 5.69 Å². The lowest BCUT2D eigenvalue weighted by Crippen LogP contribution is -1.93. The Kier molecular flexibility index (Phi) is 3.43. The summed E-state index contributed by atoms with van der Waals surface area (Å²) in [5.41, 5.74) is 1.04. The minimum Gasteiger partial charge on any atom is -0.454 e. The lowest BCUT2D eigenvalue weighted by Gasteiger charge is -2.00. The first-order valence-corrected chi connectivity index (χ1v) is 4.47. The zero-order chi connectivity index (χ0) is 9.68. The van der Waals surface area contributed by atoms with Crippen LogP contribution in [0.15, 0.2) is 18.2 Å². The number of anilines is 1. The Labute approximate surface area is 78.7 Å². The molecule has 0 fully saturated rings. The summed E-state index contributed by atoms with van der Waals surface area (Å²) >= 11 is 0. The highest BCUT2D eigenvalue weighted by Gasteiger charge is 2.12. The highest BCUT2D eigenvalue weighted by atomic mass is 16.7. The molecule has 1 aliphatic rings. The molecule has 0 unspecified atom stereocenters. The van der Waals surface area contributed by atoms with Crippen LogP contribution in [-0.2, 0) is 0 Å². The predicted octanol–water partition coefficient (Wildman–Crippen LogP) is 2.48. The molecule has 72 valence electrons. The first kappa shape index (κ1) is 9.71. The van der Waals surface area contributed by atoms with Crippen molar-refractivity contribution in [2.45, 2.75) is 13.8 Å². The van der Waals surface area contributed by atoms with Crippen molar-refractivity contribution in [3.05, 3.63) is 18.2 Å². The molecule has 0 amide bonds. The average Bonchev–Trinajstić information content (AvgIpc) is 2.67. The lowest BCUT2D eigenvalue weighted by molar-refractivity contribution is 0.174. The van der Waals surface area contributed by atoms with Gasteiger partial charge in [0, 0.05) is 18.8 Å². The molecule has 0 aromatic heterocycles. The lowest BCUT2D eigenvalue weighted by atomic mass is 10.3. The van der Waals surface area contributed by atoms with Gasteiger partial charge in [0.25, 0.3) is 0 Å². The molecule has 0 saturated carbocycles. The highest BCUT2D eigenvalue weighted by Crippen LogP contribution is 2.33. The van der Waals surface area contributed by atoms with Crippen LogP contribution in [0, 0.1) is 0 Å². The van der Waals surface area contributed by atoms with E-state index in [1.54, 1.807) is 0 Å². The maximum absolute atomic E-state index is 5.18. The van der Waals surface area contributed by atoms with Crippen molar-refractivity contribution in [2.24, 2.45) is 0 Å². The van der Waals surface area contributed by atoms with E-state index < -0.39 is 0 Å². The third-order valence-electron chi connectivity index (χ3n) is 1.66. The Hall–Kier alpha value is -1.38. The fourth-order valence-corrected chi connectivity index (χ4v) is 1.05. The van der Waals surface area contributed by atoms with Gasteiger partial charge in [-0.25, -0.2) is 0 Å². The smallest absolute Gasteiger partial charge is 0.231 e. The van der Waals surface area contributed by atoms with Crippen LogP contribution in [0.4, 0.5) is 5.69 Å². The summed E-state index contributed by atoms with van der Waals surface area (Å²) in [7, 11) is 1.87. The summed E-state index contributed by atoms with van der Waals surface area (Å²) in [5, 5.41) is 3.02. The highest BCUT2D eigenvalue weighted by molar-refractivity contribution is 5.55. The predicted molar refractivity (Wildman–Crippen MR) is 53.5 cm³/mol. The first-order chi connectivity index (χ1) is 6.40. The molecular formula is C10H15NO2. The van der Waals surface area contributed by atoms with Gasteiger partial charge in [-0.15, -0.1) is 0 Å². The van der Waals surface area contributed by atoms with Crippen molar-refractivity contribution < 1.29 is 9.47 Å². The molecule has 3 nitrogen and oxygen atoms in total. The van der Waals surface area contributed by atoms with E-state index in [1.807, 2.05) is 39.1 Å². The van der Waals surface area contributed by atoms with E-state index in [-0.39, 0.29) is 0 Å². The van der Waals surface area contributed by atoms with Crippen molar-refractivity contribution in [1.29, 1.82) is 0 Å². The molecule has 0 radical (unpaired) electrons. The standard InChI is InChI=1S/C8H9NO2.C2H6/c1-9-6-2-3-7-8(4-6)11-5-10-7;1-2/h2-4,9H,5H2,1H3;1-2H3. The van der Waals surface area contributed by atoms with Crippen LogP contribution in [0.5, 0.6) is 11.5 Å². The molecule has 1 aromatic rings. The molecule has 1 N–H and O–H groups in total. The van der Waals surface area contributed by atoms with Gasteiger partial charge in [0.1, 0.15) is 0 Å². The van der Waals surface area contributed by atoms with Gasteiger partial charge in [0.05, 0.1) is 0 Å². The second-order valence-corrected chi connectivity index (χ2v) is 2.32. The molecule has 0 saturated heterocycles. The van der Waals surface area contributed by atoms with E-state index in [0.717, 1.165) is 17.2 Å². The van der Waals surface area contributed by atoms with Crippen LogP contribution in [0.25, 0.3) is 0 Å². The SMILES string of the molecule is CC.CNc1ccc2c(c1)OCO2. The Bertz CT molecular complexity index is 274. The zero-order valence-corrected chi connectivity index (χ0v) is 8.26. The van der Waals surface area contributed by atoms with E-state index in [4.69, 9.17) is 9.47 Å². The van der Waals surface area contributed by atoms with E-state index >= 15 is 0 Å². The van der Waals surface area contributed by atoms with Crippen LogP contribution < -0.4 is 14.8 Å². The molecular weight excluding hydrogens is 166 g/mol. The summed E-state index contributed by atoms with van der Waals surface area (Å²) < 4.78 is 10.3. The third-order valence-corrected chi connectivity index (χ3v) is 1.66. The topological polar surface area (TPSA) is 30.5 Å². The number of rotatable bonds is 1. The molecule has 1 aromatic carbocycles. The van der Waals surface area contributed by atoms with Crippen molar-refractivity contribution in [2.75, 3.05) is 19.2 Å². The van der Waals surface area contributed by atoms with E-state index in [2.05, 4.69) is 5.32 Å². The van der Waals surface area contributed by atoms with Crippen molar-refractivity contribution in [3.8, 4) is 11.5 Å². The summed E-state index contributed by atoms with van der Waals surface area (Å²) in [6.07, 6.45) is 0. The zero-order valence-electron chi connectivity index (χ0n) is 8.26. The number of hydrogen-bond acceptors (Lipinski definition) is 3. The van der Waals surface area contributed by atoms with Gasteiger partial charge in [0.2, 0.25) is 6.79 Å².